The Kier molecular flexibility index (Phi) is 48.7. The van der Waals surface area contributed by atoms with Crippen molar-refractivity contribution in [3.8, 4) is 0 Å². The first-order chi connectivity index (χ1) is 33.3. The molecule has 9 nitrogen and oxygen atoms in total. The van der Waals surface area contributed by atoms with Gasteiger partial charge in [-0.1, -0.05) is 101 Å². The fraction of sp³-hybridized carbons (Fsp3) is 1.00. The standard InChI is InChI=1S/C49H104O9S7Si3/c1-10-50-66(51-11-2,52-12-3)43-29-25-21-19-23-27-38-60-64-62-41-35-48-33-32-47(34-40-59-37-31-45-68(56-16-7,57-17-8)58-18-9)46-49(48)36-42-63-65-61-39-28-24-20-22-26-30-44-67(53-13-4,54-14-5)55-15-6/h47-49H,10-46H2,1-9H3. The second kappa shape index (κ2) is 48.1. The molecule has 0 aliphatic heterocycles. The first-order valence-corrected chi connectivity index (χ1v) is 42.0. The first-order valence-electron chi connectivity index (χ1n) is 27.4. The highest BCUT2D eigenvalue weighted by molar-refractivity contribution is 9.09. The molecular weight excluding hydrogens is 1040 g/mol. The molecule has 1 fully saturated rings. The molecule has 0 aromatic rings. The molecule has 0 spiro atoms. The average Bonchev–Trinajstić information content (AvgIpc) is 3.32. The van der Waals surface area contributed by atoms with Gasteiger partial charge in [0.2, 0.25) is 0 Å². The van der Waals surface area contributed by atoms with Crippen LogP contribution in [0.5, 0.6) is 0 Å². The van der Waals surface area contributed by atoms with Crippen molar-refractivity contribution in [1.29, 1.82) is 0 Å². The summed E-state index contributed by atoms with van der Waals surface area (Å²) in [5.41, 5.74) is 0. The fourth-order valence-corrected chi connectivity index (χ4v) is 26.5. The average molecular weight is 1150 g/mol. The van der Waals surface area contributed by atoms with Crippen molar-refractivity contribution in [2.75, 3.05) is 94.0 Å². The van der Waals surface area contributed by atoms with Gasteiger partial charge in [-0.25, -0.2) is 0 Å². The van der Waals surface area contributed by atoms with E-state index in [0.717, 1.165) is 55.1 Å². The third-order valence-electron chi connectivity index (χ3n) is 12.2. The van der Waals surface area contributed by atoms with Crippen LogP contribution in [0, 0.1) is 17.8 Å². The Bertz CT molecular complexity index is 1040. The SMILES string of the molecule is CCO[Si](CCCCCCCCSSSCCC1CCC(CCSCCC[Si](OCC)(OCC)OCC)CC1CCSSSCCCCCCCC[Si](OCC)(OCC)OCC)(OCC)OCC. The molecule has 0 heterocycles. The van der Waals surface area contributed by atoms with Crippen LogP contribution in [-0.2, 0) is 39.8 Å². The topological polar surface area (TPSA) is 83.1 Å². The first kappa shape index (κ1) is 68.8. The van der Waals surface area contributed by atoms with Crippen molar-refractivity contribution in [2.45, 2.75) is 202 Å². The van der Waals surface area contributed by atoms with E-state index in [1.54, 1.807) is 0 Å². The zero-order valence-electron chi connectivity index (χ0n) is 44.9. The van der Waals surface area contributed by atoms with Gasteiger partial charge in [0.1, 0.15) is 0 Å². The molecule has 408 valence electrons. The molecule has 3 unspecified atom stereocenters. The third kappa shape index (κ3) is 34.4. The van der Waals surface area contributed by atoms with Crippen molar-refractivity contribution < 1.29 is 39.8 Å². The molecule has 1 rings (SSSR count). The van der Waals surface area contributed by atoms with E-state index in [1.807, 2.05) is 41.5 Å². The Morgan fingerprint density at radius 2 is 0.662 bits per heavy atom. The molecule has 0 amide bonds. The van der Waals surface area contributed by atoms with E-state index in [1.165, 1.54) is 137 Å². The predicted octanol–water partition coefficient (Wildman–Crippen LogP) is 17.2. The Morgan fingerprint density at radius 3 is 1.06 bits per heavy atom. The number of thioether (sulfide) groups is 1. The lowest BCUT2D eigenvalue weighted by Gasteiger charge is -2.36. The molecule has 0 N–H and O–H groups in total. The lowest BCUT2D eigenvalue weighted by molar-refractivity contribution is 0.0698. The van der Waals surface area contributed by atoms with Crippen LogP contribution in [-0.4, -0.2) is 120 Å². The van der Waals surface area contributed by atoms with Gasteiger partial charge in [0.25, 0.3) is 0 Å². The van der Waals surface area contributed by atoms with Gasteiger partial charge in [-0.3, -0.25) is 0 Å². The van der Waals surface area contributed by atoms with E-state index in [4.69, 9.17) is 39.8 Å². The van der Waals surface area contributed by atoms with E-state index in [0.29, 0.717) is 59.5 Å². The monoisotopic (exact) mass is 1140 g/mol. The van der Waals surface area contributed by atoms with Crippen LogP contribution in [0.3, 0.4) is 0 Å². The van der Waals surface area contributed by atoms with Gasteiger partial charge in [-0.2, -0.15) is 11.8 Å². The lowest BCUT2D eigenvalue weighted by Crippen LogP contribution is -2.46. The maximum atomic E-state index is 6.10. The van der Waals surface area contributed by atoms with Gasteiger partial charge >= 0.3 is 26.4 Å². The number of hydrogen-bond acceptors (Lipinski definition) is 16. The van der Waals surface area contributed by atoms with Crippen LogP contribution >= 0.6 is 74.6 Å². The van der Waals surface area contributed by atoms with Crippen molar-refractivity contribution in [1.82, 2.24) is 0 Å². The Labute approximate surface area is 451 Å². The van der Waals surface area contributed by atoms with Gasteiger partial charge in [0.15, 0.2) is 0 Å². The summed E-state index contributed by atoms with van der Waals surface area (Å²) in [6.45, 7) is 24.4. The molecule has 0 aromatic carbocycles. The van der Waals surface area contributed by atoms with E-state index in [9.17, 15) is 0 Å². The Balaban J connectivity index is 2.42. The summed E-state index contributed by atoms with van der Waals surface area (Å²) in [6.07, 6.45) is 24.9. The maximum absolute atomic E-state index is 6.10. The summed E-state index contributed by atoms with van der Waals surface area (Å²) in [6, 6.07) is 2.82. The molecule has 0 aromatic heterocycles. The van der Waals surface area contributed by atoms with Crippen LogP contribution in [0.2, 0.25) is 18.1 Å². The molecule has 3 atom stereocenters. The van der Waals surface area contributed by atoms with Gasteiger partial charge in [-0.15, -0.1) is 0 Å². The molecule has 0 saturated heterocycles. The summed E-state index contributed by atoms with van der Waals surface area (Å²) < 4.78 is 54.5. The highest BCUT2D eigenvalue weighted by Crippen LogP contribution is 2.44. The van der Waals surface area contributed by atoms with Crippen LogP contribution in [0.15, 0.2) is 0 Å². The second-order valence-electron chi connectivity index (χ2n) is 17.4. The van der Waals surface area contributed by atoms with Crippen LogP contribution < -0.4 is 0 Å². The minimum absolute atomic E-state index is 0.659. The minimum Gasteiger partial charge on any atom is -0.374 e. The highest BCUT2D eigenvalue weighted by atomic mass is 33.5. The quantitative estimate of drug-likeness (QED) is 0.0329. The summed E-state index contributed by atoms with van der Waals surface area (Å²) in [5, 5.41) is 0. The minimum atomic E-state index is -2.53. The molecule has 1 saturated carbocycles. The number of unbranched alkanes of at least 4 members (excludes halogenated alkanes) is 10. The third-order valence-corrected chi connectivity index (χ3v) is 31.5. The fourth-order valence-electron chi connectivity index (χ4n) is 9.19. The van der Waals surface area contributed by atoms with Gasteiger partial charge in [0.05, 0.1) is 0 Å². The zero-order valence-corrected chi connectivity index (χ0v) is 53.6. The van der Waals surface area contributed by atoms with Gasteiger partial charge in [0, 0.05) is 101 Å². The van der Waals surface area contributed by atoms with Crippen molar-refractivity contribution >= 4 is 101 Å². The molecule has 68 heavy (non-hydrogen) atoms. The van der Waals surface area contributed by atoms with Crippen molar-refractivity contribution in [3.05, 3.63) is 0 Å². The summed E-state index contributed by atoms with van der Waals surface area (Å²) in [5.74, 6) is 10.2. The molecule has 19 heteroatoms. The Hall–Kier alpha value is 2.74. The largest absolute Gasteiger partial charge is 0.500 e. The normalized spacial score (nSPS) is 17.2. The van der Waals surface area contributed by atoms with E-state index in [2.05, 4.69) is 95.4 Å². The van der Waals surface area contributed by atoms with E-state index < -0.39 is 26.4 Å². The van der Waals surface area contributed by atoms with Gasteiger partial charge in [-0.05, 0) is 175 Å². The molecule has 1 aliphatic rings. The second-order valence-corrected chi connectivity index (χ2v) is 35.8. The van der Waals surface area contributed by atoms with Gasteiger partial charge < -0.3 is 39.8 Å². The predicted molar refractivity (Wildman–Crippen MR) is 317 cm³/mol. The molecular formula is C49H104O9S7Si3. The smallest absolute Gasteiger partial charge is 0.374 e. The molecule has 0 radical (unpaired) electrons. The van der Waals surface area contributed by atoms with E-state index in [-0.39, 0.29) is 0 Å². The van der Waals surface area contributed by atoms with Crippen LogP contribution in [0.25, 0.3) is 0 Å². The van der Waals surface area contributed by atoms with Crippen LogP contribution in [0.4, 0.5) is 0 Å². The molecule has 0 bridgehead atoms. The highest BCUT2D eigenvalue weighted by Gasteiger charge is 2.41. The summed E-state index contributed by atoms with van der Waals surface area (Å²) in [4.78, 5) is 0. The summed E-state index contributed by atoms with van der Waals surface area (Å²) in [7, 11) is 5.01. The van der Waals surface area contributed by atoms with Crippen molar-refractivity contribution in [3.63, 3.8) is 0 Å². The Morgan fingerprint density at radius 1 is 0.324 bits per heavy atom. The zero-order chi connectivity index (χ0) is 49.7. The lowest BCUT2D eigenvalue weighted by atomic mass is 9.71. The van der Waals surface area contributed by atoms with Crippen molar-refractivity contribution in [2.24, 2.45) is 17.8 Å². The van der Waals surface area contributed by atoms with Crippen LogP contribution in [0.1, 0.15) is 184 Å². The molecule has 1 aliphatic carbocycles. The van der Waals surface area contributed by atoms with E-state index >= 15 is 0 Å². The number of hydrogen-bond donors (Lipinski definition) is 0. The summed E-state index contributed by atoms with van der Waals surface area (Å²) >= 11 is 2.13. The maximum Gasteiger partial charge on any atom is 0.500 e. The number of rotatable bonds is 53.